The first-order chi connectivity index (χ1) is 9.22. The van der Waals surface area contributed by atoms with Crippen LogP contribution in [0.15, 0.2) is 48.5 Å². The molecular weight excluding hydrogens is 234 g/mol. The Labute approximate surface area is 115 Å². The van der Waals surface area contributed by atoms with E-state index in [1.165, 1.54) is 16.8 Å². The molecular formula is C17H21NO. The molecule has 100 valence electrons. The van der Waals surface area contributed by atoms with Crippen LogP contribution in [0.25, 0.3) is 0 Å². The molecule has 0 amide bonds. The summed E-state index contributed by atoms with van der Waals surface area (Å²) in [5, 5.41) is 3.51. The van der Waals surface area contributed by atoms with Crippen molar-refractivity contribution in [2.75, 3.05) is 12.4 Å². The van der Waals surface area contributed by atoms with E-state index in [2.05, 4.69) is 49.5 Å². The second-order valence-electron chi connectivity index (χ2n) is 4.91. The van der Waals surface area contributed by atoms with Crippen LogP contribution in [0.3, 0.4) is 0 Å². The van der Waals surface area contributed by atoms with Gasteiger partial charge in [0.15, 0.2) is 0 Å². The second-order valence-corrected chi connectivity index (χ2v) is 4.91. The van der Waals surface area contributed by atoms with Gasteiger partial charge in [-0.1, -0.05) is 50.2 Å². The van der Waals surface area contributed by atoms with E-state index in [4.69, 9.17) is 4.74 Å². The van der Waals surface area contributed by atoms with Crippen LogP contribution in [0, 0.1) is 0 Å². The number of ether oxygens (including phenoxy) is 1. The smallest absolute Gasteiger partial charge is 0.123 e. The standard InChI is InChI=1S/C17H21NO/c1-13(2)15-9-5-6-10-16(15)18-12-14-8-4-7-11-17(14)19-3/h4-11,13,18H,12H2,1-3H3. The van der Waals surface area contributed by atoms with Crippen molar-refractivity contribution < 1.29 is 4.74 Å². The Morgan fingerprint density at radius 1 is 1.00 bits per heavy atom. The molecule has 0 fully saturated rings. The second kappa shape index (κ2) is 6.28. The Hall–Kier alpha value is -1.96. The van der Waals surface area contributed by atoms with Gasteiger partial charge in [-0.25, -0.2) is 0 Å². The van der Waals surface area contributed by atoms with E-state index in [-0.39, 0.29) is 0 Å². The Morgan fingerprint density at radius 3 is 2.42 bits per heavy atom. The van der Waals surface area contributed by atoms with Crippen molar-refractivity contribution in [2.45, 2.75) is 26.3 Å². The highest BCUT2D eigenvalue weighted by Gasteiger charge is 2.06. The number of hydrogen-bond acceptors (Lipinski definition) is 2. The van der Waals surface area contributed by atoms with Gasteiger partial charge in [0.25, 0.3) is 0 Å². The summed E-state index contributed by atoms with van der Waals surface area (Å²) in [5.74, 6) is 1.44. The van der Waals surface area contributed by atoms with Crippen LogP contribution in [0.5, 0.6) is 5.75 Å². The molecule has 0 radical (unpaired) electrons. The zero-order chi connectivity index (χ0) is 13.7. The average Bonchev–Trinajstić information content (AvgIpc) is 2.45. The van der Waals surface area contributed by atoms with Crippen LogP contribution in [0.4, 0.5) is 5.69 Å². The number of anilines is 1. The third-order valence-electron chi connectivity index (χ3n) is 3.24. The number of para-hydroxylation sites is 2. The van der Waals surface area contributed by atoms with E-state index in [1.54, 1.807) is 7.11 Å². The summed E-state index contributed by atoms with van der Waals surface area (Å²) >= 11 is 0. The summed E-state index contributed by atoms with van der Waals surface area (Å²) in [4.78, 5) is 0. The minimum absolute atomic E-state index is 0.515. The van der Waals surface area contributed by atoms with Gasteiger partial charge < -0.3 is 10.1 Å². The Morgan fingerprint density at radius 2 is 1.68 bits per heavy atom. The van der Waals surface area contributed by atoms with Crippen molar-refractivity contribution in [1.29, 1.82) is 0 Å². The average molecular weight is 255 g/mol. The first kappa shape index (κ1) is 13.5. The maximum Gasteiger partial charge on any atom is 0.123 e. The highest BCUT2D eigenvalue weighted by Crippen LogP contribution is 2.25. The summed E-state index contributed by atoms with van der Waals surface area (Å²) in [5.41, 5.74) is 3.71. The molecule has 0 aliphatic carbocycles. The fourth-order valence-electron chi connectivity index (χ4n) is 2.20. The van der Waals surface area contributed by atoms with Gasteiger partial charge in [0.2, 0.25) is 0 Å². The highest BCUT2D eigenvalue weighted by molar-refractivity contribution is 5.53. The summed E-state index contributed by atoms with van der Waals surface area (Å²) in [6, 6.07) is 16.6. The van der Waals surface area contributed by atoms with Crippen molar-refractivity contribution in [3.63, 3.8) is 0 Å². The van der Waals surface area contributed by atoms with Crippen molar-refractivity contribution >= 4 is 5.69 Å². The van der Waals surface area contributed by atoms with Gasteiger partial charge in [-0.3, -0.25) is 0 Å². The lowest BCUT2D eigenvalue weighted by molar-refractivity contribution is 0.410. The van der Waals surface area contributed by atoms with Crippen LogP contribution in [0.2, 0.25) is 0 Å². The predicted molar refractivity (Wildman–Crippen MR) is 80.9 cm³/mol. The summed E-state index contributed by atoms with van der Waals surface area (Å²) in [7, 11) is 1.71. The lowest BCUT2D eigenvalue weighted by Gasteiger charge is -2.15. The zero-order valence-electron chi connectivity index (χ0n) is 11.8. The fraction of sp³-hybridized carbons (Fsp3) is 0.294. The van der Waals surface area contributed by atoms with Gasteiger partial charge in [0.1, 0.15) is 5.75 Å². The van der Waals surface area contributed by atoms with E-state index in [1.807, 2.05) is 18.2 Å². The SMILES string of the molecule is COc1ccccc1CNc1ccccc1C(C)C. The molecule has 0 atom stereocenters. The van der Waals surface area contributed by atoms with E-state index < -0.39 is 0 Å². The minimum Gasteiger partial charge on any atom is -0.496 e. The normalized spacial score (nSPS) is 10.5. The Balaban J connectivity index is 2.15. The molecule has 19 heavy (non-hydrogen) atoms. The van der Waals surface area contributed by atoms with Gasteiger partial charge in [-0.15, -0.1) is 0 Å². The molecule has 0 unspecified atom stereocenters. The van der Waals surface area contributed by atoms with E-state index >= 15 is 0 Å². The Bertz CT molecular complexity index is 534. The molecule has 0 aliphatic rings. The summed E-state index contributed by atoms with van der Waals surface area (Å²) in [6.07, 6.45) is 0. The molecule has 2 aromatic rings. The topological polar surface area (TPSA) is 21.3 Å². The maximum absolute atomic E-state index is 5.37. The largest absolute Gasteiger partial charge is 0.496 e. The van der Waals surface area contributed by atoms with Gasteiger partial charge in [-0.05, 0) is 23.6 Å². The number of methoxy groups -OCH3 is 1. The van der Waals surface area contributed by atoms with Crippen LogP contribution >= 0.6 is 0 Å². The van der Waals surface area contributed by atoms with Gasteiger partial charge >= 0.3 is 0 Å². The van der Waals surface area contributed by atoms with Gasteiger partial charge in [0, 0.05) is 17.8 Å². The quantitative estimate of drug-likeness (QED) is 0.853. The highest BCUT2D eigenvalue weighted by atomic mass is 16.5. The molecule has 2 rings (SSSR count). The first-order valence-electron chi connectivity index (χ1n) is 6.67. The van der Waals surface area contributed by atoms with Crippen molar-refractivity contribution in [3.8, 4) is 5.75 Å². The van der Waals surface area contributed by atoms with E-state index in [9.17, 15) is 0 Å². The monoisotopic (exact) mass is 255 g/mol. The third kappa shape index (κ3) is 3.28. The number of benzene rings is 2. The lowest BCUT2D eigenvalue weighted by atomic mass is 10.0. The Kier molecular flexibility index (Phi) is 4.45. The molecule has 0 bridgehead atoms. The summed E-state index contributed by atoms with van der Waals surface area (Å²) in [6.45, 7) is 5.20. The van der Waals surface area contributed by atoms with E-state index in [0.717, 1.165) is 12.3 Å². The summed E-state index contributed by atoms with van der Waals surface area (Å²) < 4.78 is 5.37. The molecule has 0 spiro atoms. The van der Waals surface area contributed by atoms with E-state index in [0.29, 0.717) is 5.92 Å². The molecule has 0 aliphatic heterocycles. The van der Waals surface area contributed by atoms with Crippen molar-refractivity contribution in [3.05, 3.63) is 59.7 Å². The maximum atomic E-state index is 5.37. The molecule has 1 N–H and O–H groups in total. The van der Waals surface area contributed by atoms with Crippen LogP contribution in [-0.2, 0) is 6.54 Å². The number of rotatable bonds is 5. The molecule has 2 nitrogen and oxygen atoms in total. The van der Waals surface area contributed by atoms with Crippen molar-refractivity contribution in [1.82, 2.24) is 0 Å². The van der Waals surface area contributed by atoms with Crippen molar-refractivity contribution in [2.24, 2.45) is 0 Å². The van der Waals surface area contributed by atoms with Gasteiger partial charge in [0.05, 0.1) is 7.11 Å². The molecule has 0 heterocycles. The number of hydrogen-bond donors (Lipinski definition) is 1. The van der Waals surface area contributed by atoms with Gasteiger partial charge in [-0.2, -0.15) is 0 Å². The number of nitrogens with one attached hydrogen (secondary N) is 1. The molecule has 0 aromatic heterocycles. The van der Waals surface area contributed by atoms with Crippen LogP contribution in [-0.4, -0.2) is 7.11 Å². The molecule has 0 saturated carbocycles. The van der Waals surface area contributed by atoms with Crippen LogP contribution < -0.4 is 10.1 Å². The van der Waals surface area contributed by atoms with Crippen LogP contribution in [0.1, 0.15) is 30.9 Å². The molecule has 2 aromatic carbocycles. The molecule has 2 heteroatoms. The third-order valence-corrected chi connectivity index (χ3v) is 3.24. The first-order valence-corrected chi connectivity index (χ1v) is 6.67. The minimum atomic E-state index is 0.515. The zero-order valence-corrected chi connectivity index (χ0v) is 11.8. The molecule has 0 saturated heterocycles. The lowest BCUT2D eigenvalue weighted by Crippen LogP contribution is -2.04. The predicted octanol–water partition coefficient (Wildman–Crippen LogP) is 4.43. The fourth-order valence-corrected chi connectivity index (χ4v) is 2.20.